The lowest BCUT2D eigenvalue weighted by Crippen LogP contribution is -2.20. The Bertz CT molecular complexity index is 928. The molecule has 0 aliphatic heterocycles. The van der Waals surface area contributed by atoms with Crippen LogP contribution < -0.4 is 10.6 Å². The number of hydrogen-bond donors (Lipinski definition) is 2. The van der Waals surface area contributed by atoms with Gasteiger partial charge in [0, 0.05) is 25.5 Å². The molecular weight excluding hydrogens is 356 g/mol. The van der Waals surface area contributed by atoms with E-state index in [4.69, 9.17) is 11.6 Å². The quantitative estimate of drug-likeness (QED) is 0.720. The second-order valence-electron chi connectivity index (χ2n) is 5.49. The van der Waals surface area contributed by atoms with Gasteiger partial charge in [-0.1, -0.05) is 29.8 Å². The van der Waals surface area contributed by atoms with E-state index in [1.165, 1.54) is 10.9 Å². The molecule has 3 aromatic rings. The van der Waals surface area contributed by atoms with Crippen molar-refractivity contribution in [3.63, 3.8) is 0 Å². The van der Waals surface area contributed by atoms with Gasteiger partial charge in [0.2, 0.25) is 0 Å². The molecule has 0 unspecified atom stereocenters. The van der Waals surface area contributed by atoms with Crippen molar-refractivity contribution >= 4 is 34.8 Å². The standard InChI is InChI=1S/C17H17ClN6O2/c1-3-24-10-13(21-17(26)15-12(18)9-19-23(15)2)14(22-24)16(25)20-11-7-5-4-6-8-11/h4-10H,3H2,1-2H3,(H,20,25)(H,21,26). The first-order chi connectivity index (χ1) is 12.5. The van der Waals surface area contributed by atoms with Crippen molar-refractivity contribution in [2.24, 2.45) is 7.05 Å². The molecular formula is C17H17ClN6O2. The smallest absolute Gasteiger partial charge is 0.278 e. The Morgan fingerprint density at radius 3 is 2.50 bits per heavy atom. The van der Waals surface area contributed by atoms with Crippen molar-refractivity contribution in [1.29, 1.82) is 0 Å². The normalized spacial score (nSPS) is 10.6. The van der Waals surface area contributed by atoms with Crippen molar-refractivity contribution in [2.45, 2.75) is 13.5 Å². The predicted octanol–water partition coefficient (Wildman–Crippen LogP) is 2.79. The van der Waals surface area contributed by atoms with E-state index in [2.05, 4.69) is 20.8 Å². The summed E-state index contributed by atoms with van der Waals surface area (Å²) in [5.41, 5.74) is 1.24. The molecule has 0 fully saturated rings. The molecule has 8 nitrogen and oxygen atoms in total. The lowest BCUT2D eigenvalue weighted by Gasteiger charge is -2.07. The van der Waals surface area contributed by atoms with E-state index in [1.807, 2.05) is 25.1 Å². The number of hydrogen-bond acceptors (Lipinski definition) is 4. The molecule has 0 bridgehead atoms. The van der Waals surface area contributed by atoms with Crippen LogP contribution in [0.4, 0.5) is 11.4 Å². The summed E-state index contributed by atoms with van der Waals surface area (Å²) in [6.45, 7) is 2.43. The topological polar surface area (TPSA) is 93.8 Å². The molecule has 0 spiro atoms. The van der Waals surface area contributed by atoms with E-state index in [9.17, 15) is 9.59 Å². The number of aryl methyl sites for hydroxylation is 2. The van der Waals surface area contributed by atoms with Gasteiger partial charge in [-0.15, -0.1) is 0 Å². The minimum absolute atomic E-state index is 0.113. The van der Waals surface area contributed by atoms with Crippen LogP contribution in [0.3, 0.4) is 0 Å². The summed E-state index contributed by atoms with van der Waals surface area (Å²) in [5, 5.41) is 13.8. The molecule has 26 heavy (non-hydrogen) atoms. The molecule has 0 saturated heterocycles. The molecule has 2 N–H and O–H groups in total. The molecule has 9 heteroatoms. The summed E-state index contributed by atoms with van der Waals surface area (Å²) in [5.74, 6) is -0.894. The number of halogens is 1. The lowest BCUT2D eigenvalue weighted by molar-refractivity contribution is 0.101. The van der Waals surface area contributed by atoms with Crippen LogP contribution in [-0.2, 0) is 13.6 Å². The van der Waals surface area contributed by atoms with Crippen LogP contribution >= 0.6 is 11.6 Å². The predicted molar refractivity (Wildman–Crippen MR) is 98.5 cm³/mol. The van der Waals surface area contributed by atoms with Crippen molar-refractivity contribution in [1.82, 2.24) is 19.6 Å². The first kappa shape index (κ1) is 17.7. The number of aromatic nitrogens is 4. The fourth-order valence-electron chi connectivity index (χ4n) is 2.40. The fraction of sp³-hybridized carbons (Fsp3) is 0.176. The highest BCUT2D eigenvalue weighted by atomic mass is 35.5. The Morgan fingerprint density at radius 1 is 1.15 bits per heavy atom. The van der Waals surface area contributed by atoms with Crippen LogP contribution in [0.25, 0.3) is 0 Å². The monoisotopic (exact) mass is 372 g/mol. The molecule has 0 aliphatic rings. The van der Waals surface area contributed by atoms with Gasteiger partial charge in [0.25, 0.3) is 11.8 Å². The summed E-state index contributed by atoms with van der Waals surface area (Å²) in [7, 11) is 1.61. The first-order valence-corrected chi connectivity index (χ1v) is 8.30. The molecule has 0 radical (unpaired) electrons. The minimum Gasteiger partial charge on any atom is -0.321 e. The highest BCUT2D eigenvalue weighted by molar-refractivity contribution is 6.34. The average molecular weight is 373 g/mol. The summed E-state index contributed by atoms with van der Waals surface area (Å²) in [4.78, 5) is 25.1. The zero-order chi connectivity index (χ0) is 18.7. The highest BCUT2D eigenvalue weighted by Crippen LogP contribution is 2.20. The largest absolute Gasteiger partial charge is 0.321 e. The Kier molecular flexibility index (Phi) is 5.04. The van der Waals surface area contributed by atoms with Crippen LogP contribution in [0.2, 0.25) is 5.02 Å². The molecule has 0 atom stereocenters. The van der Waals surface area contributed by atoms with Crippen LogP contribution in [0, 0.1) is 0 Å². The van der Waals surface area contributed by atoms with Gasteiger partial charge >= 0.3 is 0 Å². The van der Waals surface area contributed by atoms with Crippen LogP contribution in [0.1, 0.15) is 27.9 Å². The maximum Gasteiger partial charge on any atom is 0.278 e. The van der Waals surface area contributed by atoms with Gasteiger partial charge < -0.3 is 10.6 Å². The molecule has 1 aromatic carbocycles. The number of carbonyl (C=O) groups excluding carboxylic acids is 2. The highest BCUT2D eigenvalue weighted by Gasteiger charge is 2.22. The Balaban J connectivity index is 1.86. The van der Waals surface area contributed by atoms with Gasteiger partial charge in [0.15, 0.2) is 5.69 Å². The number of nitrogens with one attached hydrogen (secondary N) is 2. The van der Waals surface area contributed by atoms with Crippen molar-refractivity contribution in [3.8, 4) is 0 Å². The zero-order valence-corrected chi connectivity index (χ0v) is 15.0. The molecule has 0 aliphatic carbocycles. The lowest BCUT2D eigenvalue weighted by atomic mass is 10.3. The zero-order valence-electron chi connectivity index (χ0n) is 14.2. The van der Waals surface area contributed by atoms with Crippen LogP contribution in [0.5, 0.6) is 0 Å². The SMILES string of the molecule is CCn1cc(NC(=O)c2c(Cl)cnn2C)c(C(=O)Nc2ccccc2)n1. The number of nitrogens with zero attached hydrogens (tertiary/aromatic N) is 4. The third-order valence-corrected chi connectivity index (χ3v) is 3.97. The molecule has 2 amide bonds. The first-order valence-electron chi connectivity index (χ1n) is 7.92. The van der Waals surface area contributed by atoms with Crippen molar-refractivity contribution in [2.75, 3.05) is 10.6 Å². The molecule has 2 aromatic heterocycles. The number of amides is 2. The summed E-state index contributed by atoms with van der Waals surface area (Å²) in [6.07, 6.45) is 2.98. The number of anilines is 2. The van der Waals surface area contributed by atoms with Crippen LogP contribution in [0.15, 0.2) is 42.7 Å². The molecule has 134 valence electrons. The fourth-order valence-corrected chi connectivity index (χ4v) is 2.65. The summed E-state index contributed by atoms with van der Waals surface area (Å²) < 4.78 is 2.94. The second kappa shape index (κ2) is 7.40. The van der Waals surface area contributed by atoms with Gasteiger partial charge in [0.05, 0.1) is 16.9 Å². The van der Waals surface area contributed by atoms with E-state index in [-0.39, 0.29) is 16.4 Å². The second-order valence-corrected chi connectivity index (χ2v) is 5.89. The van der Waals surface area contributed by atoms with E-state index in [0.717, 1.165) is 0 Å². The molecule has 3 rings (SSSR count). The van der Waals surface area contributed by atoms with Crippen molar-refractivity contribution < 1.29 is 9.59 Å². The molecule has 0 saturated carbocycles. The maximum absolute atomic E-state index is 12.6. The Hall–Kier alpha value is -3.13. The van der Waals surface area contributed by atoms with Gasteiger partial charge in [0.1, 0.15) is 5.69 Å². The summed E-state index contributed by atoms with van der Waals surface area (Å²) in [6, 6.07) is 9.01. The van der Waals surface area contributed by atoms with E-state index < -0.39 is 11.8 Å². The number of rotatable bonds is 5. The van der Waals surface area contributed by atoms with E-state index >= 15 is 0 Å². The number of para-hydroxylation sites is 1. The summed E-state index contributed by atoms with van der Waals surface area (Å²) >= 11 is 6.00. The maximum atomic E-state index is 12.6. The van der Waals surface area contributed by atoms with Crippen molar-refractivity contribution in [3.05, 3.63) is 59.1 Å². The third kappa shape index (κ3) is 3.60. The van der Waals surface area contributed by atoms with E-state index in [0.29, 0.717) is 17.9 Å². The van der Waals surface area contributed by atoms with Gasteiger partial charge in [-0.3, -0.25) is 19.0 Å². The number of benzene rings is 1. The Labute approximate surface area is 154 Å². The average Bonchev–Trinajstić information content (AvgIpc) is 3.18. The van der Waals surface area contributed by atoms with Gasteiger partial charge in [-0.25, -0.2) is 0 Å². The van der Waals surface area contributed by atoms with Gasteiger partial charge in [-0.05, 0) is 19.1 Å². The van der Waals surface area contributed by atoms with Crippen LogP contribution in [-0.4, -0.2) is 31.4 Å². The Morgan fingerprint density at radius 2 is 1.88 bits per heavy atom. The molecule has 2 heterocycles. The minimum atomic E-state index is -0.473. The number of carbonyl (C=O) groups is 2. The third-order valence-electron chi connectivity index (χ3n) is 3.69. The van der Waals surface area contributed by atoms with Gasteiger partial charge in [-0.2, -0.15) is 10.2 Å². The van der Waals surface area contributed by atoms with E-state index in [1.54, 1.807) is 30.1 Å².